The number of rotatable bonds is 2. The molecule has 0 fully saturated rings. The van der Waals surface area contributed by atoms with Gasteiger partial charge < -0.3 is 5.32 Å². The van der Waals surface area contributed by atoms with Gasteiger partial charge in [-0.25, -0.2) is 0 Å². The summed E-state index contributed by atoms with van der Waals surface area (Å²) in [4.78, 5) is 0.989. The summed E-state index contributed by atoms with van der Waals surface area (Å²) in [5.74, 6) is 0.770. The smallest absolute Gasteiger partial charge is 0.0577 e. The Morgan fingerprint density at radius 2 is 2.24 bits per heavy atom. The fourth-order valence-corrected chi connectivity index (χ4v) is 4.61. The third-order valence-corrected chi connectivity index (χ3v) is 5.45. The lowest BCUT2D eigenvalue weighted by molar-refractivity contribution is 0.447. The van der Waals surface area contributed by atoms with Crippen molar-refractivity contribution < 1.29 is 4.21 Å². The van der Waals surface area contributed by atoms with E-state index < -0.39 is 10.8 Å². The Balaban J connectivity index is 2.44. The van der Waals surface area contributed by atoms with Crippen LogP contribution in [0.1, 0.15) is 38.3 Å². The van der Waals surface area contributed by atoms with E-state index in [1.807, 2.05) is 12.1 Å². The van der Waals surface area contributed by atoms with Crippen LogP contribution in [0.2, 0.25) is 0 Å². The van der Waals surface area contributed by atoms with Gasteiger partial charge in [0.15, 0.2) is 0 Å². The second kappa shape index (κ2) is 5.63. The van der Waals surface area contributed by atoms with Gasteiger partial charge in [0, 0.05) is 22.3 Å². The number of nitrogens with one attached hydrogen (secondary N) is 1. The number of benzene rings is 1. The van der Waals surface area contributed by atoms with Gasteiger partial charge in [0.05, 0.1) is 15.7 Å². The molecule has 0 amide bonds. The molecule has 17 heavy (non-hydrogen) atoms. The van der Waals surface area contributed by atoms with Crippen molar-refractivity contribution in [3.8, 4) is 0 Å². The number of fused-ring (bicyclic) bond motifs is 1. The molecule has 0 saturated carbocycles. The molecule has 0 aliphatic carbocycles. The molecule has 0 saturated heterocycles. The highest BCUT2D eigenvalue weighted by Crippen LogP contribution is 2.34. The largest absolute Gasteiger partial charge is 0.308 e. The molecule has 0 radical (unpaired) electrons. The molecule has 2 nitrogen and oxygen atoms in total. The molecule has 2 atom stereocenters. The first-order valence-electron chi connectivity index (χ1n) is 6.02. The van der Waals surface area contributed by atoms with Crippen LogP contribution in [0.5, 0.6) is 0 Å². The van der Waals surface area contributed by atoms with E-state index in [-0.39, 0.29) is 0 Å². The van der Waals surface area contributed by atoms with Crippen molar-refractivity contribution in [3.05, 3.63) is 28.2 Å². The van der Waals surface area contributed by atoms with Crippen molar-refractivity contribution in [2.75, 3.05) is 5.75 Å². The maximum absolute atomic E-state index is 12.2. The van der Waals surface area contributed by atoms with E-state index in [4.69, 9.17) is 0 Å². The molecule has 1 N–H and O–H groups in total. The minimum Gasteiger partial charge on any atom is -0.308 e. The second-order valence-electron chi connectivity index (χ2n) is 4.72. The Bertz CT molecular complexity index is 433. The number of hydrogen-bond donors (Lipinski definition) is 1. The lowest BCUT2D eigenvalue weighted by Crippen LogP contribution is -2.28. The summed E-state index contributed by atoms with van der Waals surface area (Å²) in [7, 11) is -0.866. The highest BCUT2D eigenvalue weighted by atomic mass is 79.9. The predicted molar refractivity (Wildman–Crippen MR) is 75.7 cm³/mol. The van der Waals surface area contributed by atoms with Crippen LogP contribution in [0.4, 0.5) is 0 Å². The van der Waals surface area contributed by atoms with Crippen LogP contribution in [-0.2, 0) is 10.8 Å². The van der Waals surface area contributed by atoms with Crippen molar-refractivity contribution >= 4 is 26.7 Å². The fourth-order valence-electron chi connectivity index (χ4n) is 2.29. The third-order valence-electron chi connectivity index (χ3n) is 2.96. The van der Waals surface area contributed by atoms with Crippen LogP contribution in [-0.4, -0.2) is 16.0 Å². The molecule has 0 aromatic heterocycles. The molecule has 2 rings (SSSR count). The average molecular weight is 316 g/mol. The van der Waals surface area contributed by atoms with Gasteiger partial charge in [0.25, 0.3) is 0 Å². The molecule has 0 spiro atoms. The first-order valence-corrected chi connectivity index (χ1v) is 8.13. The Hall–Kier alpha value is -0.190. The van der Waals surface area contributed by atoms with Gasteiger partial charge >= 0.3 is 0 Å². The maximum atomic E-state index is 12.2. The van der Waals surface area contributed by atoms with Crippen LogP contribution in [0.3, 0.4) is 0 Å². The molecular formula is C13H18BrNOS. The molecule has 94 valence electrons. The van der Waals surface area contributed by atoms with Gasteiger partial charge in [-0.05, 0) is 40.4 Å². The van der Waals surface area contributed by atoms with E-state index in [1.54, 1.807) is 0 Å². The fraction of sp³-hybridized carbons (Fsp3) is 0.538. The van der Waals surface area contributed by atoms with Gasteiger partial charge in [-0.1, -0.05) is 26.0 Å². The molecule has 1 aliphatic rings. The van der Waals surface area contributed by atoms with Crippen LogP contribution >= 0.6 is 15.9 Å². The molecule has 1 aliphatic heterocycles. The minimum absolute atomic E-state index is 0.328. The molecule has 1 aromatic rings. The van der Waals surface area contributed by atoms with Gasteiger partial charge in [-0.3, -0.25) is 4.21 Å². The van der Waals surface area contributed by atoms with Crippen molar-refractivity contribution in [1.82, 2.24) is 5.32 Å². The zero-order valence-corrected chi connectivity index (χ0v) is 12.6. The maximum Gasteiger partial charge on any atom is 0.0577 e. The Morgan fingerprint density at radius 3 is 2.94 bits per heavy atom. The molecule has 2 unspecified atom stereocenters. The Morgan fingerprint density at radius 1 is 1.47 bits per heavy atom. The van der Waals surface area contributed by atoms with Gasteiger partial charge in [-0.15, -0.1) is 0 Å². The zero-order chi connectivity index (χ0) is 12.4. The van der Waals surface area contributed by atoms with Crippen LogP contribution < -0.4 is 5.32 Å². The van der Waals surface area contributed by atoms with Crippen molar-refractivity contribution in [2.45, 2.75) is 43.7 Å². The normalized spacial score (nSPS) is 24.5. The Labute approximate surface area is 114 Å². The van der Waals surface area contributed by atoms with E-state index in [0.717, 1.165) is 28.0 Å². The monoisotopic (exact) mass is 315 g/mol. The summed E-state index contributed by atoms with van der Waals surface area (Å²) >= 11 is 3.53. The Kier molecular flexibility index (Phi) is 4.39. The summed E-state index contributed by atoms with van der Waals surface area (Å²) in [6.45, 7) is 4.30. The van der Waals surface area contributed by atoms with Crippen LogP contribution in [0.15, 0.2) is 27.6 Å². The quantitative estimate of drug-likeness (QED) is 0.906. The molecule has 1 aromatic carbocycles. The van der Waals surface area contributed by atoms with Crippen LogP contribution in [0, 0.1) is 0 Å². The summed E-state index contributed by atoms with van der Waals surface area (Å²) in [6.07, 6.45) is 2.07. The summed E-state index contributed by atoms with van der Waals surface area (Å²) in [6, 6.07) is 6.88. The van der Waals surface area contributed by atoms with E-state index in [1.165, 1.54) is 5.56 Å². The average Bonchev–Trinajstić information content (AvgIpc) is 2.40. The van der Waals surface area contributed by atoms with Gasteiger partial charge in [0.1, 0.15) is 0 Å². The van der Waals surface area contributed by atoms with E-state index in [9.17, 15) is 4.21 Å². The summed E-state index contributed by atoms with van der Waals surface area (Å²) in [5.41, 5.74) is 1.20. The first kappa shape index (κ1) is 13.2. The SMILES string of the molecule is CC(C)NC1CCCS(=O)c2c(Br)cccc21. The van der Waals surface area contributed by atoms with Crippen molar-refractivity contribution in [3.63, 3.8) is 0 Å². The predicted octanol–water partition coefficient (Wildman–Crippen LogP) is 3.39. The van der Waals surface area contributed by atoms with Gasteiger partial charge in [0.2, 0.25) is 0 Å². The lowest BCUT2D eigenvalue weighted by Gasteiger charge is -2.21. The topological polar surface area (TPSA) is 29.1 Å². The van der Waals surface area contributed by atoms with E-state index >= 15 is 0 Å². The first-order chi connectivity index (χ1) is 8.09. The molecular weight excluding hydrogens is 298 g/mol. The summed E-state index contributed by atoms with van der Waals surface area (Å²) in [5, 5.41) is 3.57. The second-order valence-corrected chi connectivity index (χ2v) is 7.09. The summed E-state index contributed by atoms with van der Waals surface area (Å²) < 4.78 is 13.2. The van der Waals surface area contributed by atoms with Crippen molar-refractivity contribution in [2.24, 2.45) is 0 Å². The highest BCUT2D eigenvalue weighted by Gasteiger charge is 2.24. The van der Waals surface area contributed by atoms with E-state index in [2.05, 4.69) is 41.2 Å². The number of halogens is 1. The van der Waals surface area contributed by atoms with Crippen molar-refractivity contribution in [1.29, 1.82) is 0 Å². The third kappa shape index (κ3) is 2.98. The lowest BCUT2D eigenvalue weighted by atomic mass is 10.0. The molecule has 4 heteroatoms. The molecule has 1 heterocycles. The zero-order valence-electron chi connectivity index (χ0n) is 10.2. The van der Waals surface area contributed by atoms with Crippen LogP contribution in [0.25, 0.3) is 0 Å². The van der Waals surface area contributed by atoms with Gasteiger partial charge in [-0.2, -0.15) is 0 Å². The minimum atomic E-state index is -0.866. The van der Waals surface area contributed by atoms with E-state index in [0.29, 0.717) is 12.1 Å². The molecule has 0 bridgehead atoms. The number of hydrogen-bond acceptors (Lipinski definition) is 2. The highest BCUT2D eigenvalue weighted by molar-refractivity contribution is 9.10. The standard InChI is InChI=1S/C13H18BrNOS/c1-9(2)15-12-7-4-8-17(16)13-10(12)5-3-6-11(13)14/h3,5-6,9,12,15H,4,7-8H2,1-2H3.